The highest BCUT2D eigenvalue weighted by molar-refractivity contribution is 14.0. The summed E-state index contributed by atoms with van der Waals surface area (Å²) >= 11 is 1.34. The quantitative estimate of drug-likeness (QED) is 0.188. The van der Waals surface area contributed by atoms with Gasteiger partial charge in [0.1, 0.15) is 16.0 Å². The van der Waals surface area contributed by atoms with E-state index in [0.717, 1.165) is 5.01 Å². The number of thiazole rings is 1. The second-order valence-corrected chi connectivity index (χ2v) is 7.88. The Labute approximate surface area is 211 Å². The van der Waals surface area contributed by atoms with Crippen LogP contribution < -0.4 is 20.1 Å². The molecule has 2 unspecified atom stereocenters. The van der Waals surface area contributed by atoms with Crippen LogP contribution >= 0.6 is 35.3 Å². The van der Waals surface area contributed by atoms with E-state index in [-0.39, 0.29) is 42.1 Å². The van der Waals surface area contributed by atoms with Gasteiger partial charge < -0.3 is 24.8 Å². The number of hydrogen-bond donors (Lipinski definition) is 2. The maximum absolute atomic E-state index is 12.1. The van der Waals surface area contributed by atoms with Gasteiger partial charge in [-0.1, -0.05) is 12.1 Å². The number of benzene rings is 1. The van der Waals surface area contributed by atoms with E-state index in [1.165, 1.54) is 11.3 Å². The summed E-state index contributed by atoms with van der Waals surface area (Å²) in [6.07, 6.45) is -0.153. The van der Waals surface area contributed by atoms with Crippen LogP contribution in [0, 0.1) is 6.92 Å². The van der Waals surface area contributed by atoms with Crippen LogP contribution in [-0.2, 0) is 4.74 Å². The van der Waals surface area contributed by atoms with Crippen LogP contribution in [0.1, 0.15) is 54.1 Å². The number of carbonyl (C=O) groups is 1. The third-order valence-electron chi connectivity index (χ3n) is 4.25. The molecule has 0 aliphatic heterocycles. The topological polar surface area (TPSA) is 94.1 Å². The molecule has 2 atom stereocenters. The number of aryl methyl sites for hydroxylation is 1. The lowest BCUT2D eigenvalue weighted by Gasteiger charge is -2.18. The highest BCUT2D eigenvalue weighted by Crippen LogP contribution is 2.27. The molecule has 2 rings (SSSR count). The number of esters is 1. The second-order valence-electron chi connectivity index (χ2n) is 6.85. The number of carbonyl (C=O) groups excluding carboxylic acids is 1. The van der Waals surface area contributed by atoms with E-state index >= 15 is 0 Å². The zero-order valence-electron chi connectivity index (χ0n) is 19.4. The molecule has 0 fully saturated rings. The van der Waals surface area contributed by atoms with Crippen molar-refractivity contribution in [3.8, 4) is 11.5 Å². The Morgan fingerprint density at radius 2 is 1.91 bits per heavy atom. The molecular weight excluding hydrogens is 543 g/mol. The van der Waals surface area contributed by atoms with Gasteiger partial charge in [0.25, 0.3) is 0 Å². The Hall–Kier alpha value is -2.08. The molecule has 0 bridgehead atoms. The van der Waals surface area contributed by atoms with Crippen LogP contribution in [0.25, 0.3) is 0 Å². The van der Waals surface area contributed by atoms with E-state index in [1.54, 1.807) is 14.0 Å². The summed E-state index contributed by atoms with van der Waals surface area (Å²) in [7, 11) is 1.62. The van der Waals surface area contributed by atoms with Crippen LogP contribution in [0.15, 0.2) is 29.3 Å². The molecule has 32 heavy (non-hydrogen) atoms. The molecule has 2 aromatic rings. The van der Waals surface area contributed by atoms with Gasteiger partial charge in [-0.15, -0.1) is 35.3 Å². The van der Waals surface area contributed by atoms with Crippen molar-refractivity contribution >= 4 is 47.2 Å². The van der Waals surface area contributed by atoms with Crippen molar-refractivity contribution in [2.45, 2.75) is 46.8 Å². The summed E-state index contributed by atoms with van der Waals surface area (Å²) in [4.78, 5) is 21.8. The minimum absolute atomic E-state index is 0. The van der Waals surface area contributed by atoms with E-state index in [2.05, 4.69) is 20.6 Å². The minimum atomic E-state index is -0.334. The zero-order chi connectivity index (χ0) is 22.8. The zero-order valence-corrected chi connectivity index (χ0v) is 22.6. The van der Waals surface area contributed by atoms with Gasteiger partial charge in [-0.05, 0) is 46.8 Å². The van der Waals surface area contributed by atoms with Crippen LogP contribution in [0.5, 0.6) is 11.5 Å². The van der Waals surface area contributed by atoms with Crippen molar-refractivity contribution in [3.63, 3.8) is 0 Å². The Morgan fingerprint density at radius 1 is 1.22 bits per heavy atom. The molecule has 1 aromatic heterocycles. The first kappa shape index (κ1) is 28.0. The summed E-state index contributed by atoms with van der Waals surface area (Å²) in [5.41, 5.74) is 0.674. The van der Waals surface area contributed by atoms with Crippen molar-refractivity contribution in [2.24, 2.45) is 4.99 Å². The lowest BCUT2D eigenvalue weighted by atomic mass is 10.3. The minimum Gasteiger partial charge on any atom is -0.493 e. The van der Waals surface area contributed by atoms with E-state index < -0.39 is 0 Å². The van der Waals surface area contributed by atoms with Crippen molar-refractivity contribution in [1.82, 2.24) is 15.6 Å². The van der Waals surface area contributed by atoms with Crippen LogP contribution in [0.4, 0.5) is 0 Å². The average molecular weight is 577 g/mol. The third-order valence-corrected chi connectivity index (χ3v) is 5.57. The van der Waals surface area contributed by atoms with Gasteiger partial charge in [-0.2, -0.15) is 0 Å². The highest BCUT2D eigenvalue weighted by atomic mass is 127. The summed E-state index contributed by atoms with van der Waals surface area (Å²) < 4.78 is 16.4. The van der Waals surface area contributed by atoms with Gasteiger partial charge in [0.15, 0.2) is 17.5 Å². The highest BCUT2D eigenvalue weighted by Gasteiger charge is 2.20. The van der Waals surface area contributed by atoms with Gasteiger partial charge in [-0.3, -0.25) is 0 Å². The lowest BCUT2D eigenvalue weighted by Crippen LogP contribution is -2.39. The number of guanidine groups is 1. The molecular formula is C22H33IN4O4S. The van der Waals surface area contributed by atoms with Gasteiger partial charge in [0, 0.05) is 6.54 Å². The number of aromatic nitrogens is 1. The third kappa shape index (κ3) is 8.12. The number of hydrogen-bond acceptors (Lipinski definition) is 7. The molecule has 0 aliphatic carbocycles. The Morgan fingerprint density at radius 3 is 2.53 bits per heavy atom. The number of methoxy groups -OCH3 is 1. The average Bonchev–Trinajstić information content (AvgIpc) is 3.14. The molecule has 8 nitrogen and oxygen atoms in total. The largest absolute Gasteiger partial charge is 0.493 e. The molecule has 1 heterocycles. The van der Waals surface area contributed by atoms with E-state index in [1.807, 2.05) is 52.0 Å². The van der Waals surface area contributed by atoms with Crippen molar-refractivity contribution in [3.05, 3.63) is 39.8 Å². The molecule has 0 saturated heterocycles. The smallest absolute Gasteiger partial charge is 0.350 e. The van der Waals surface area contributed by atoms with E-state index in [0.29, 0.717) is 47.7 Å². The van der Waals surface area contributed by atoms with Crippen LogP contribution in [0.2, 0.25) is 0 Å². The number of halogens is 1. The maximum atomic E-state index is 12.1. The molecule has 0 saturated carbocycles. The van der Waals surface area contributed by atoms with Crippen molar-refractivity contribution in [2.75, 3.05) is 26.8 Å². The van der Waals surface area contributed by atoms with Crippen molar-refractivity contribution < 1.29 is 19.0 Å². The molecule has 0 radical (unpaired) electrons. The predicted octanol–water partition coefficient (Wildman–Crippen LogP) is 4.34. The molecule has 0 aliphatic rings. The number of aliphatic imine (C=N–C) groups is 1. The van der Waals surface area contributed by atoms with Crippen LogP contribution in [-0.4, -0.2) is 49.8 Å². The predicted molar refractivity (Wildman–Crippen MR) is 139 cm³/mol. The number of rotatable bonds is 10. The number of para-hydroxylation sites is 2. The summed E-state index contributed by atoms with van der Waals surface area (Å²) in [6, 6.07) is 7.41. The van der Waals surface area contributed by atoms with E-state index in [4.69, 9.17) is 14.2 Å². The summed E-state index contributed by atoms with van der Waals surface area (Å²) in [6.45, 7) is 11.0. The summed E-state index contributed by atoms with van der Waals surface area (Å²) in [5.74, 6) is 1.69. The fraction of sp³-hybridized carbons (Fsp3) is 0.500. The number of nitrogens with zero attached hydrogens (tertiary/aromatic N) is 2. The monoisotopic (exact) mass is 576 g/mol. The normalized spacial score (nSPS) is 12.9. The fourth-order valence-electron chi connectivity index (χ4n) is 2.77. The van der Waals surface area contributed by atoms with Gasteiger partial charge in [0.05, 0.1) is 32.0 Å². The standard InChI is InChI=1S/C22H32N4O4S.HI/c1-7-23-22(24-13-14(3)30-18-12-10-9-11-17(18)28-6)26-16(5)20-25-15(4)19(31-20)21(27)29-8-2;/h9-12,14,16H,7-8,13H2,1-6H3,(H2,23,24,26);1H. The Balaban J connectivity index is 0.00000512. The van der Waals surface area contributed by atoms with Crippen LogP contribution in [0.3, 0.4) is 0 Å². The molecule has 2 N–H and O–H groups in total. The first-order valence-electron chi connectivity index (χ1n) is 10.4. The first-order valence-corrected chi connectivity index (χ1v) is 11.2. The Kier molecular flexibility index (Phi) is 12.4. The van der Waals surface area contributed by atoms with Gasteiger partial charge in [0.2, 0.25) is 0 Å². The van der Waals surface area contributed by atoms with Gasteiger partial charge >= 0.3 is 5.97 Å². The fourth-order valence-corrected chi connectivity index (χ4v) is 3.73. The maximum Gasteiger partial charge on any atom is 0.350 e. The summed E-state index contributed by atoms with van der Waals surface area (Å²) in [5, 5.41) is 7.37. The molecule has 10 heteroatoms. The molecule has 1 aromatic carbocycles. The molecule has 0 amide bonds. The molecule has 0 spiro atoms. The first-order chi connectivity index (χ1) is 14.9. The van der Waals surface area contributed by atoms with Crippen molar-refractivity contribution in [1.29, 1.82) is 0 Å². The van der Waals surface area contributed by atoms with E-state index in [9.17, 15) is 4.79 Å². The molecule has 178 valence electrons. The SMILES string of the molecule is CCNC(=NCC(C)Oc1ccccc1OC)NC(C)c1nc(C)c(C(=O)OCC)s1.I. The lowest BCUT2D eigenvalue weighted by molar-refractivity contribution is 0.0531. The number of ether oxygens (including phenoxy) is 3. The number of nitrogens with one attached hydrogen (secondary N) is 2. The Bertz CT molecular complexity index is 891. The van der Waals surface area contributed by atoms with Gasteiger partial charge in [-0.25, -0.2) is 14.8 Å². The second kappa shape index (κ2) is 14.1.